The zero-order chi connectivity index (χ0) is 8.69. The van der Waals surface area contributed by atoms with Crippen LogP contribution in [0.15, 0.2) is 36.0 Å². The number of rotatable bonds is 4. The molecule has 0 fully saturated rings. The highest BCUT2D eigenvalue weighted by molar-refractivity contribution is 9.09. The van der Waals surface area contributed by atoms with Gasteiger partial charge in [-0.2, -0.15) is 0 Å². The Hall–Kier alpha value is -0.300. The minimum absolute atomic E-state index is 0.899. The van der Waals surface area contributed by atoms with E-state index in [0.29, 0.717) is 0 Å². The van der Waals surface area contributed by atoms with Gasteiger partial charge in [-0.1, -0.05) is 53.2 Å². The Morgan fingerprint density at radius 1 is 1.55 bits per heavy atom. The van der Waals surface area contributed by atoms with Crippen molar-refractivity contribution in [2.45, 2.75) is 20.3 Å². The molecule has 11 heavy (non-hydrogen) atoms. The van der Waals surface area contributed by atoms with E-state index in [1.165, 1.54) is 11.1 Å². The lowest BCUT2D eigenvalue weighted by Crippen LogP contribution is -1.80. The molecule has 0 amide bonds. The van der Waals surface area contributed by atoms with Crippen molar-refractivity contribution in [3.05, 3.63) is 36.0 Å². The molecule has 0 radical (unpaired) electrons. The van der Waals surface area contributed by atoms with Gasteiger partial charge in [0.1, 0.15) is 0 Å². The van der Waals surface area contributed by atoms with Crippen LogP contribution < -0.4 is 0 Å². The molecule has 62 valence electrons. The van der Waals surface area contributed by atoms with Crippen LogP contribution in [0, 0.1) is 0 Å². The summed E-state index contributed by atoms with van der Waals surface area (Å²) in [7, 11) is 0. The quantitative estimate of drug-likeness (QED) is 0.493. The van der Waals surface area contributed by atoms with Crippen molar-refractivity contribution in [1.29, 1.82) is 0 Å². The second-order valence-electron chi connectivity index (χ2n) is 2.46. The largest absolute Gasteiger partial charge is 0.0991 e. The predicted octanol–water partition coefficient (Wildman–Crippen LogP) is 3.85. The Balaban J connectivity index is 4.28. The van der Waals surface area contributed by atoms with Crippen molar-refractivity contribution in [2.24, 2.45) is 0 Å². The van der Waals surface area contributed by atoms with E-state index in [0.717, 1.165) is 11.8 Å². The minimum Gasteiger partial charge on any atom is -0.0991 e. The highest BCUT2D eigenvalue weighted by Gasteiger charge is 1.89. The first-order chi connectivity index (χ1) is 5.24. The van der Waals surface area contributed by atoms with Crippen LogP contribution >= 0.6 is 15.9 Å². The molecule has 0 spiro atoms. The second kappa shape index (κ2) is 6.41. The highest BCUT2D eigenvalue weighted by atomic mass is 79.9. The summed E-state index contributed by atoms with van der Waals surface area (Å²) in [5, 5.41) is 0.899. The molecule has 1 heteroatoms. The van der Waals surface area contributed by atoms with Crippen LogP contribution in [-0.2, 0) is 0 Å². The van der Waals surface area contributed by atoms with Crippen LogP contribution in [0.5, 0.6) is 0 Å². The number of halogens is 1. The first kappa shape index (κ1) is 10.7. The molecule has 0 aliphatic rings. The molecule has 0 aromatic heterocycles. The first-order valence-corrected chi connectivity index (χ1v) is 4.91. The van der Waals surface area contributed by atoms with E-state index in [4.69, 9.17) is 0 Å². The molecule has 0 saturated carbocycles. The summed E-state index contributed by atoms with van der Waals surface area (Å²) in [5.41, 5.74) is 2.68. The Labute approximate surface area is 77.8 Å². The van der Waals surface area contributed by atoms with Crippen LogP contribution in [0.2, 0.25) is 0 Å². The van der Waals surface area contributed by atoms with Gasteiger partial charge in [-0.05, 0) is 18.9 Å². The van der Waals surface area contributed by atoms with Gasteiger partial charge in [-0.3, -0.25) is 0 Å². The molecule has 0 rings (SSSR count). The fourth-order valence-corrected chi connectivity index (χ4v) is 1.05. The molecule has 0 aliphatic heterocycles. The van der Waals surface area contributed by atoms with Gasteiger partial charge in [0.25, 0.3) is 0 Å². The molecular weight excluding hydrogens is 200 g/mol. The van der Waals surface area contributed by atoms with E-state index in [2.05, 4.69) is 42.4 Å². The number of hydrogen-bond donors (Lipinski definition) is 0. The molecule has 0 aromatic carbocycles. The van der Waals surface area contributed by atoms with Crippen molar-refractivity contribution in [3.63, 3.8) is 0 Å². The van der Waals surface area contributed by atoms with Crippen LogP contribution in [0.3, 0.4) is 0 Å². The molecule has 0 aliphatic carbocycles. The molecule has 0 bridgehead atoms. The van der Waals surface area contributed by atoms with E-state index in [1.54, 1.807) is 0 Å². The summed E-state index contributed by atoms with van der Waals surface area (Å²) >= 11 is 3.41. The molecule has 0 atom stereocenters. The molecule has 0 N–H and O–H groups in total. The van der Waals surface area contributed by atoms with Crippen LogP contribution in [0.1, 0.15) is 20.3 Å². The Morgan fingerprint density at radius 3 is 2.55 bits per heavy atom. The summed E-state index contributed by atoms with van der Waals surface area (Å²) in [5.74, 6) is 0. The highest BCUT2D eigenvalue weighted by Crippen LogP contribution is 2.08. The standard InChI is InChI=1S/C10H15Br/c1-4-6-10(8-11)7-9(3)5-2/h4,6-7H,1,5,8H2,2-3H3/b9-7-,10-6+. The summed E-state index contributed by atoms with van der Waals surface area (Å²) in [4.78, 5) is 0. The van der Waals surface area contributed by atoms with Crippen molar-refractivity contribution >= 4 is 15.9 Å². The van der Waals surface area contributed by atoms with Gasteiger partial charge in [-0.15, -0.1) is 0 Å². The Kier molecular flexibility index (Phi) is 6.24. The van der Waals surface area contributed by atoms with Gasteiger partial charge in [0.05, 0.1) is 0 Å². The molecule has 0 heterocycles. The first-order valence-electron chi connectivity index (χ1n) is 3.79. The zero-order valence-corrected chi connectivity index (χ0v) is 8.82. The SMILES string of the molecule is C=C/C=C(\C=C(\C)CC)CBr. The average molecular weight is 215 g/mol. The smallest absolute Gasteiger partial charge is 0.0283 e. The van der Waals surface area contributed by atoms with Crippen molar-refractivity contribution in [1.82, 2.24) is 0 Å². The van der Waals surface area contributed by atoms with Gasteiger partial charge < -0.3 is 0 Å². The van der Waals surface area contributed by atoms with Crippen LogP contribution in [0.25, 0.3) is 0 Å². The summed E-state index contributed by atoms with van der Waals surface area (Å²) < 4.78 is 0. The lowest BCUT2D eigenvalue weighted by Gasteiger charge is -1.97. The van der Waals surface area contributed by atoms with Gasteiger partial charge in [0.2, 0.25) is 0 Å². The predicted molar refractivity (Wildman–Crippen MR) is 56.1 cm³/mol. The van der Waals surface area contributed by atoms with E-state index >= 15 is 0 Å². The molecular formula is C10H15Br. The monoisotopic (exact) mass is 214 g/mol. The maximum Gasteiger partial charge on any atom is 0.0283 e. The summed E-state index contributed by atoms with van der Waals surface area (Å²) in [6, 6.07) is 0. The number of allylic oxidation sites excluding steroid dienone is 5. The lowest BCUT2D eigenvalue weighted by molar-refractivity contribution is 1.09. The maximum absolute atomic E-state index is 3.66. The van der Waals surface area contributed by atoms with E-state index in [-0.39, 0.29) is 0 Å². The molecule has 0 saturated heterocycles. The minimum atomic E-state index is 0.899. The van der Waals surface area contributed by atoms with E-state index < -0.39 is 0 Å². The normalized spacial score (nSPS) is 13.4. The third-order valence-electron chi connectivity index (χ3n) is 1.48. The molecule has 0 unspecified atom stereocenters. The van der Waals surface area contributed by atoms with Gasteiger partial charge in [-0.25, -0.2) is 0 Å². The number of alkyl halides is 1. The van der Waals surface area contributed by atoms with Crippen LogP contribution in [0.4, 0.5) is 0 Å². The fraction of sp³-hybridized carbons (Fsp3) is 0.400. The summed E-state index contributed by atoms with van der Waals surface area (Å²) in [6.45, 7) is 7.95. The van der Waals surface area contributed by atoms with Gasteiger partial charge in [0.15, 0.2) is 0 Å². The fourth-order valence-electron chi connectivity index (χ4n) is 0.701. The third kappa shape index (κ3) is 5.02. The van der Waals surface area contributed by atoms with Crippen LogP contribution in [-0.4, -0.2) is 5.33 Å². The van der Waals surface area contributed by atoms with Crippen molar-refractivity contribution in [3.8, 4) is 0 Å². The maximum atomic E-state index is 3.66. The number of hydrogen-bond acceptors (Lipinski definition) is 0. The van der Waals surface area contributed by atoms with Crippen molar-refractivity contribution in [2.75, 3.05) is 5.33 Å². The van der Waals surface area contributed by atoms with E-state index in [9.17, 15) is 0 Å². The second-order valence-corrected chi connectivity index (χ2v) is 3.02. The molecule has 0 nitrogen and oxygen atoms in total. The molecule has 0 aromatic rings. The van der Waals surface area contributed by atoms with E-state index in [1.807, 2.05) is 12.2 Å². The van der Waals surface area contributed by atoms with Gasteiger partial charge >= 0.3 is 0 Å². The third-order valence-corrected chi connectivity index (χ3v) is 2.12. The zero-order valence-electron chi connectivity index (χ0n) is 7.23. The summed E-state index contributed by atoms with van der Waals surface area (Å²) in [6.07, 6.45) is 7.14. The topological polar surface area (TPSA) is 0 Å². The Bertz CT molecular complexity index is 175. The Morgan fingerprint density at radius 2 is 2.18 bits per heavy atom. The van der Waals surface area contributed by atoms with Gasteiger partial charge in [0, 0.05) is 5.33 Å². The van der Waals surface area contributed by atoms with Crippen molar-refractivity contribution < 1.29 is 0 Å². The average Bonchev–Trinajstić information content (AvgIpc) is 2.03. The lowest BCUT2D eigenvalue weighted by atomic mass is 10.1.